The maximum absolute atomic E-state index is 14.2. The monoisotopic (exact) mass is 556 g/mol. The summed E-state index contributed by atoms with van der Waals surface area (Å²) in [5.41, 5.74) is 0.460. The minimum atomic E-state index is -0.749. The Kier molecular flexibility index (Phi) is 8.08. The van der Waals surface area contributed by atoms with Gasteiger partial charge in [-0.1, -0.05) is 23.7 Å². The van der Waals surface area contributed by atoms with E-state index in [1.807, 2.05) is 0 Å². The van der Waals surface area contributed by atoms with E-state index in [9.17, 15) is 28.9 Å². The van der Waals surface area contributed by atoms with Crippen molar-refractivity contribution in [1.82, 2.24) is 4.90 Å². The molecule has 3 aromatic carbocycles. The van der Waals surface area contributed by atoms with Gasteiger partial charge in [0, 0.05) is 22.7 Å². The van der Waals surface area contributed by atoms with Crippen LogP contribution < -0.4 is 9.47 Å². The molecule has 1 fully saturated rings. The van der Waals surface area contributed by atoms with Crippen LogP contribution in [0.3, 0.4) is 0 Å². The number of nitro benzene ring substituents is 1. The Morgan fingerprint density at radius 2 is 1.87 bits per heavy atom. The maximum atomic E-state index is 14.2. The summed E-state index contributed by atoms with van der Waals surface area (Å²) in [5, 5.41) is 10.3. The zero-order valence-electron chi connectivity index (χ0n) is 19.7. The number of benzene rings is 3. The minimum Gasteiger partial charge on any atom is -0.490 e. The van der Waals surface area contributed by atoms with E-state index in [4.69, 9.17) is 21.1 Å². The second-order valence-corrected chi connectivity index (χ2v) is 9.20. The normalized spacial score (nSPS) is 14.2. The summed E-state index contributed by atoms with van der Waals surface area (Å²) in [7, 11) is 0. The summed E-state index contributed by atoms with van der Waals surface area (Å²) in [5.74, 6) is -1.68. The molecule has 0 atom stereocenters. The van der Waals surface area contributed by atoms with Crippen molar-refractivity contribution >= 4 is 52.2 Å². The molecular weight excluding hydrogens is 539 g/mol. The molecule has 2 amide bonds. The number of non-ortho nitro benzene ring substituents is 1. The maximum Gasteiger partial charge on any atom is 0.343 e. The summed E-state index contributed by atoms with van der Waals surface area (Å²) in [4.78, 5) is 49.2. The predicted molar refractivity (Wildman–Crippen MR) is 139 cm³/mol. The zero-order valence-corrected chi connectivity index (χ0v) is 21.3. The molecule has 194 valence electrons. The Morgan fingerprint density at radius 3 is 2.53 bits per heavy atom. The molecule has 1 aliphatic rings. The Morgan fingerprint density at radius 1 is 1.13 bits per heavy atom. The molecule has 1 aliphatic heterocycles. The van der Waals surface area contributed by atoms with Crippen molar-refractivity contribution in [3.8, 4) is 11.5 Å². The van der Waals surface area contributed by atoms with Gasteiger partial charge >= 0.3 is 5.97 Å². The molecule has 0 spiro atoms. The summed E-state index contributed by atoms with van der Waals surface area (Å²) >= 11 is 6.74. The third kappa shape index (κ3) is 5.84. The van der Waals surface area contributed by atoms with E-state index in [0.717, 1.165) is 4.90 Å². The second kappa shape index (κ2) is 11.4. The Balaban J connectivity index is 1.54. The second-order valence-electron chi connectivity index (χ2n) is 7.80. The number of thioether (sulfide) groups is 1. The summed E-state index contributed by atoms with van der Waals surface area (Å²) < 4.78 is 25.2. The van der Waals surface area contributed by atoms with Crippen LogP contribution in [0.2, 0.25) is 5.02 Å². The van der Waals surface area contributed by atoms with Gasteiger partial charge in [0.2, 0.25) is 0 Å². The third-order valence-corrected chi connectivity index (χ3v) is 6.59. The van der Waals surface area contributed by atoms with Gasteiger partial charge in [-0.15, -0.1) is 0 Å². The standard InChI is InChI=1S/C26H18ClFN2O7S/c1-2-36-22-12-15(6-11-21(22)37-25(32)16-7-9-17(10-8-16)30(34)35)13-23-24(31)29(26(33)38-23)14-18-19(27)4-3-5-20(18)28/h3-13H,2,14H2,1H3/b23-13-. The number of rotatable bonds is 8. The number of carbonyl (C=O) groups is 3. The molecule has 1 heterocycles. The highest BCUT2D eigenvalue weighted by Crippen LogP contribution is 2.36. The number of carbonyl (C=O) groups excluding carboxylic acids is 3. The highest BCUT2D eigenvalue weighted by atomic mass is 35.5. The average molecular weight is 557 g/mol. The summed E-state index contributed by atoms with van der Waals surface area (Å²) in [6.45, 7) is 1.66. The van der Waals surface area contributed by atoms with E-state index in [1.54, 1.807) is 13.0 Å². The molecule has 3 aromatic rings. The molecule has 0 aliphatic carbocycles. The number of ether oxygens (including phenoxy) is 2. The molecule has 9 nitrogen and oxygen atoms in total. The first kappa shape index (κ1) is 26.8. The van der Waals surface area contributed by atoms with Gasteiger partial charge in [0.25, 0.3) is 16.8 Å². The van der Waals surface area contributed by atoms with Gasteiger partial charge in [0.1, 0.15) is 5.82 Å². The molecule has 0 saturated carbocycles. The van der Waals surface area contributed by atoms with Crippen LogP contribution >= 0.6 is 23.4 Å². The van der Waals surface area contributed by atoms with Crippen LogP contribution in [-0.2, 0) is 11.3 Å². The summed E-state index contributed by atoms with van der Waals surface area (Å²) in [6, 6.07) is 13.6. The van der Waals surface area contributed by atoms with E-state index in [2.05, 4.69) is 0 Å². The van der Waals surface area contributed by atoms with Gasteiger partial charge in [-0.2, -0.15) is 0 Å². The Bertz CT molecular complexity index is 1460. The number of nitro groups is 1. The van der Waals surface area contributed by atoms with Gasteiger partial charge < -0.3 is 9.47 Å². The van der Waals surface area contributed by atoms with Crippen LogP contribution in [0.4, 0.5) is 14.9 Å². The Hall–Kier alpha value is -4.22. The van der Waals surface area contributed by atoms with Gasteiger partial charge in [-0.3, -0.25) is 24.6 Å². The molecule has 0 unspecified atom stereocenters. The molecule has 0 radical (unpaired) electrons. The van der Waals surface area contributed by atoms with Crippen molar-refractivity contribution in [2.75, 3.05) is 6.61 Å². The quantitative estimate of drug-likeness (QED) is 0.105. The zero-order chi connectivity index (χ0) is 27.4. The minimum absolute atomic E-state index is 0.0375. The number of amides is 2. The molecule has 1 saturated heterocycles. The summed E-state index contributed by atoms with van der Waals surface area (Å²) in [6.07, 6.45) is 1.47. The van der Waals surface area contributed by atoms with Crippen LogP contribution in [-0.4, -0.2) is 33.5 Å². The fourth-order valence-corrected chi connectivity index (χ4v) is 4.54. The average Bonchev–Trinajstić information content (AvgIpc) is 3.15. The van der Waals surface area contributed by atoms with Gasteiger partial charge in [0.05, 0.1) is 28.5 Å². The number of nitrogens with zero attached hydrogens (tertiary/aromatic N) is 2. The molecule has 0 N–H and O–H groups in total. The van der Waals surface area contributed by atoms with Gasteiger partial charge in [-0.25, -0.2) is 9.18 Å². The lowest BCUT2D eigenvalue weighted by Crippen LogP contribution is -2.28. The number of halogens is 2. The molecule has 0 bridgehead atoms. The molecular formula is C26H18ClFN2O7S. The topological polar surface area (TPSA) is 116 Å². The van der Waals surface area contributed by atoms with Crippen molar-refractivity contribution in [3.05, 3.63) is 103 Å². The van der Waals surface area contributed by atoms with Crippen LogP contribution in [0.25, 0.3) is 6.08 Å². The molecule has 38 heavy (non-hydrogen) atoms. The first-order valence-corrected chi connectivity index (χ1v) is 12.3. The lowest BCUT2D eigenvalue weighted by molar-refractivity contribution is -0.384. The lowest BCUT2D eigenvalue weighted by atomic mass is 10.1. The third-order valence-electron chi connectivity index (χ3n) is 5.33. The van der Waals surface area contributed by atoms with Crippen molar-refractivity contribution in [1.29, 1.82) is 0 Å². The van der Waals surface area contributed by atoms with Crippen LogP contribution in [0.15, 0.2) is 65.6 Å². The number of hydrogen-bond donors (Lipinski definition) is 0. The van der Waals surface area contributed by atoms with Crippen molar-refractivity contribution in [2.45, 2.75) is 13.5 Å². The van der Waals surface area contributed by atoms with Gasteiger partial charge in [0.15, 0.2) is 11.5 Å². The van der Waals surface area contributed by atoms with Crippen LogP contribution in [0.1, 0.15) is 28.4 Å². The van der Waals surface area contributed by atoms with Crippen molar-refractivity contribution in [2.24, 2.45) is 0 Å². The van der Waals surface area contributed by atoms with Gasteiger partial charge in [-0.05, 0) is 66.7 Å². The molecule has 12 heteroatoms. The highest BCUT2D eigenvalue weighted by molar-refractivity contribution is 8.18. The lowest BCUT2D eigenvalue weighted by Gasteiger charge is -2.14. The molecule has 0 aromatic heterocycles. The van der Waals surface area contributed by atoms with Crippen LogP contribution in [0, 0.1) is 15.9 Å². The number of imide groups is 1. The smallest absolute Gasteiger partial charge is 0.343 e. The highest BCUT2D eigenvalue weighted by Gasteiger charge is 2.36. The number of hydrogen-bond acceptors (Lipinski definition) is 8. The van der Waals surface area contributed by atoms with E-state index >= 15 is 0 Å². The fourth-order valence-electron chi connectivity index (χ4n) is 3.47. The Labute approximate surface area is 224 Å². The first-order valence-electron chi connectivity index (χ1n) is 11.1. The number of esters is 1. The first-order chi connectivity index (χ1) is 18.2. The SMILES string of the molecule is CCOc1cc(/C=C2\SC(=O)N(Cc3c(F)cccc3Cl)C2=O)ccc1OC(=O)c1ccc([N+](=O)[O-])cc1. The largest absolute Gasteiger partial charge is 0.490 e. The predicted octanol–water partition coefficient (Wildman–Crippen LogP) is 6.24. The van der Waals surface area contributed by atoms with E-state index < -0.39 is 27.9 Å². The fraction of sp³-hybridized carbons (Fsp3) is 0.115. The molecule has 4 rings (SSSR count). The van der Waals surface area contributed by atoms with E-state index in [1.165, 1.54) is 60.7 Å². The van der Waals surface area contributed by atoms with Crippen LogP contribution in [0.5, 0.6) is 11.5 Å². The van der Waals surface area contributed by atoms with E-state index in [-0.39, 0.29) is 51.4 Å². The van der Waals surface area contributed by atoms with Crippen molar-refractivity contribution in [3.63, 3.8) is 0 Å². The van der Waals surface area contributed by atoms with E-state index in [0.29, 0.717) is 17.3 Å². The van der Waals surface area contributed by atoms with Crippen molar-refractivity contribution < 1.29 is 33.2 Å².